The van der Waals surface area contributed by atoms with E-state index in [9.17, 15) is 4.57 Å². The van der Waals surface area contributed by atoms with Gasteiger partial charge in [0.25, 0.3) is 0 Å². The Hall–Kier alpha value is -0.930. The molecule has 1 aromatic rings. The zero-order valence-electron chi connectivity index (χ0n) is 9.45. The van der Waals surface area contributed by atoms with Gasteiger partial charge in [-0.3, -0.25) is 4.57 Å². The summed E-state index contributed by atoms with van der Waals surface area (Å²) in [6.45, 7) is 3.54. The molecule has 0 aliphatic heterocycles. The van der Waals surface area contributed by atoms with Crippen molar-refractivity contribution in [3.63, 3.8) is 0 Å². The maximum absolute atomic E-state index is 9.84. The molecular formula is C11H18NO3P. The van der Waals surface area contributed by atoms with Crippen LogP contribution in [0.2, 0.25) is 0 Å². The zero-order chi connectivity index (χ0) is 12.6. The topological polar surface area (TPSA) is 83.5 Å². The number of allylic oxidation sites excluding steroid dienone is 1. The fourth-order valence-electron chi connectivity index (χ4n) is 0.951. The van der Waals surface area contributed by atoms with Crippen molar-refractivity contribution in [3.05, 3.63) is 47.8 Å². The first-order chi connectivity index (χ1) is 7.37. The molecule has 0 bridgehead atoms. The second kappa shape index (κ2) is 7.36. The molecule has 0 aliphatic rings. The number of nitrogens with two attached hydrogens (primary N) is 1. The van der Waals surface area contributed by atoms with Crippen LogP contribution in [0.4, 0.5) is 0 Å². The van der Waals surface area contributed by atoms with Crippen LogP contribution >= 0.6 is 7.60 Å². The van der Waals surface area contributed by atoms with Crippen molar-refractivity contribution in [1.82, 2.24) is 0 Å². The van der Waals surface area contributed by atoms with Crippen LogP contribution in [0.5, 0.6) is 0 Å². The molecule has 4 nitrogen and oxygen atoms in total. The van der Waals surface area contributed by atoms with Crippen LogP contribution in [0.3, 0.4) is 0 Å². The molecule has 0 saturated carbocycles. The molecule has 16 heavy (non-hydrogen) atoms. The minimum absolute atomic E-state index is 0.159. The average Bonchev–Trinajstić information content (AvgIpc) is 2.18. The monoisotopic (exact) mass is 243 g/mol. The largest absolute Gasteiger partial charge is 0.348 e. The van der Waals surface area contributed by atoms with Crippen LogP contribution in [-0.4, -0.2) is 9.79 Å². The third-order valence-electron chi connectivity index (χ3n) is 1.67. The van der Waals surface area contributed by atoms with Gasteiger partial charge < -0.3 is 15.5 Å². The van der Waals surface area contributed by atoms with Gasteiger partial charge in [-0.15, -0.1) is 0 Å². The summed E-state index contributed by atoms with van der Waals surface area (Å²) in [7, 11) is -3.85. The molecule has 0 aromatic heterocycles. The summed E-state index contributed by atoms with van der Waals surface area (Å²) in [5, 5.41) is 0. The molecule has 0 unspecified atom stereocenters. The summed E-state index contributed by atoms with van der Waals surface area (Å²) in [6.07, 6.45) is 1.32. The van der Waals surface area contributed by atoms with Crippen LogP contribution in [-0.2, 0) is 4.57 Å². The minimum atomic E-state index is -3.85. The first-order valence-electron chi connectivity index (χ1n) is 4.86. The molecule has 90 valence electrons. The highest BCUT2D eigenvalue weighted by Crippen LogP contribution is 2.35. The van der Waals surface area contributed by atoms with Gasteiger partial charge >= 0.3 is 7.60 Å². The summed E-state index contributed by atoms with van der Waals surface area (Å²) in [4.78, 5) is 16.1. The van der Waals surface area contributed by atoms with E-state index >= 15 is 0 Å². The van der Waals surface area contributed by atoms with Crippen LogP contribution < -0.4 is 5.73 Å². The molecule has 1 aromatic carbocycles. The smallest absolute Gasteiger partial charge is 0.324 e. The normalized spacial score (nSPS) is 13.1. The standard InChI is InChI=1S/C8H11N.C3H7O3P/c1-7(9)8-5-3-2-4-6-8;1-2-3-7(4,5)6/h2-7H,9H2,1H3;2-3H,1H3,(H2,4,5,6)/b;3-2+/t7-;/m1./s1. The molecular weight excluding hydrogens is 225 g/mol. The van der Waals surface area contributed by atoms with E-state index in [-0.39, 0.29) is 6.04 Å². The van der Waals surface area contributed by atoms with E-state index in [0.29, 0.717) is 0 Å². The predicted molar refractivity (Wildman–Crippen MR) is 65.9 cm³/mol. The molecule has 1 atom stereocenters. The van der Waals surface area contributed by atoms with Gasteiger partial charge in [0, 0.05) is 11.9 Å². The average molecular weight is 243 g/mol. The number of benzene rings is 1. The summed E-state index contributed by atoms with van der Waals surface area (Å²) >= 11 is 0. The Morgan fingerprint density at radius 2 is 1.81 bits per heavy atom. The molecule has 0 aliphatic carbocycles. The van der Waals surface area contributed by atoms with Gasteiger partial charge in [0.05, 0.1) is 0 Å². The molecule has 0 amide bonds. The maximum Gasteiger partial charge on any atom is 0.348 e. The Labute approximate surface area is 96.0 Å². The Balaban J connectivity index is 0.000000293. The first kappa shape index (κ1) is 15.1. The first-order valence-corrected chi connectivity index (χ1v) is 6.54. The van der Waals surface area contributed by atoms with Crippen molar-refractivity contribution in [1.29, 1.82) is 0 Å². The maximum atomic E-state index is 9.84. The highest BCUT2D eigenvalue weighted by molar-refractivity contribution is 7.55. The van der Waals surface area contributed by atoms with E-state index in [4.69, 9.17) is 15.5 Å². The van der Waals surface area contributed by atoms with Gasteiger partial charge in [-0.1, -0.05) is 36.4 Å². The van der Waals surface area contributed by atoms with Gasteiger partial charge in [-0.2, -0.15) is 0 Å². The van der Waals surface area contributed by atoms with Gasteiger partial charge in [0.15, 0.2) is 0 Å². The predicted octanol–water partition coefficient (Wildman–Crippen LogP) is 2.40. The SMILES string of the molecule is C/C=C/P(=O)(O)O.C[C@@H](N)c1ccccc1. The van der Waals surface area contributed by atoms with Crippen molar-refractivity contribution in [2.24, 2.45) is 5.73 Å². The van der Waals surface area contributed by atoms with E-state index in [1.165, 1.54) is 11.6 Å². The van der Waals surface area contributed by atoms with Crippen molar-refractivity contribution >= 4 is 7.60 Å². The molecule has 0 radical (unpaired) electrons. The van der Waals surface area contributed by atoms with Crippen molar-refractivity contribution in [2.45, 2.75) is 19.9 Å². The summed E-state index contributed by atoms with van der Waals surface area (Å²) in [6, 6.07) is 10.2. The van der Waals surface area contributed by atoms with Crippen molar-refractivity contribution in [2.75, 3.05) is 0 Å². The van der Waals surface area contributed by atoms with Crippen LogP contribution in [0.1, 0.15) is 25.5 Å². The van der Waals surface area contributed by atoms with Crippen LogP contribution in [0.15, 0.2) is 42.2 Å². The molecule has 0 spiro atoms. The quantitative estimate of drug-likeness (QED) is 0.696. The molecule has 5 heteroatoms. The van der Waals surface area contributed by atoms with E-state index in [1.54, 1.807) is 6.92 Å². The molecule has 4 N–H and O–H groups in total. The Bertz CT molecular complexity index is 357. The third-order valence-corrected chi connectivity index (χ3v) is 2.36. The molecule has 0 fully saturated rings. The summed E-state index contributed by atoms with van der Waals surface area (Å²) in [5.74, 6) is 0.854. The Kier molecular flexibility index (Phi) is 6.93. The Morgan fingerprint density at radius 1 is 1.31 bits per heavy atom. The number of hydrogen-bond donors (Lipinski definition) is 3. The van der Waals surface area contributed by atoms with Gasteiger partial charge in [0.2, 0.25) is 0 Å². The molecule has 0 heterocycles. The lowest BCUT2D eigenvalue weighted by Gasteiger charge is -2.02. The van der Waals surface area contributed by atoms with E-state index in [0.717, 1.165) is 5.82 Å². The number of hydrogen-bond acceptors (Lipinski definition) is 2. The third kappa shape index (κ3) is 8.38. The number of rotatable bonds is 2. The fraction of sp³-hybridized carbons (Fsp3) is 0.273. The second-order valence-corrected chi connectivity index (χ2v) is 4.75. The highest BCUT2D eigenvalue weighted by atomic mass is 31.2. The fourth-order valence-corrected chi connectivity index (χ4v) is 1.34. The Morgan fingerprint density at radius 3 is 2.00 bits per heavy atom. The van der Waals surface area contributed by atoms with Crippen LogP contribution in [0.25, 0.3) is 0 Å². The summed E-state index contributed by atoms with van der Waals surface area (Å²) in [5.41, 5.74) is 6.81. The zero-order valence-corrected chi connectivity index (χ0v) is 10.3. The van der Waals surface area contributed by atoms with Crippen molar-refractivity contribution < 1.29 is 14.4 Å². The minimum Gasteiger partial charge on any atom is -0.324 e. The van der Waals surface area contributed by atoms with Crippen molar-refractivity contribution in [3.8, 4) is 0 Å². The molecule has 1 rings (SSSR count). The van der Waals surface area contributed by atoms with E-state index in [1.807, 2.05) is 37.3 Å². The van der Waals surface area contributed by atoms with Gasteiger partial charge in [-0.25, -0.2) is 0 Å². The lowest BCUT2D eigenvalue weighted by atomic mass is 10.1. The van der Waals surface area contributed by atoms with Crippen LogP contribution in [0, 0.1) is 0 Å². The van der Waals surface area contributed by atoms with Gasteiger partial charge in [0.1, 0.15) is 0 Å². The highest BCUT2D eigenvalue weighted by Gasteiger charge is 2.02. The summed E-state index contributed by atoms with van der Waals surface area (Å²) < 4.78 is 9.84. The lowest BCUT2D eigenvalue weighted by molar-refractivity contribution is 0.386. The van der Waals surface area contributed by atoms with E-state index in [2.05, 4.69) is 0 Å². The lowest BCUT2D eigenvalue weighted by Crippen LogP contribution is -2.03. The van der Waals surface area contributed by atoms with E-state index < -0.39 is 7.60 Å². The molecule has 0 saturated heterocycles. The van der Waals surface area contributed by atoms with Gasteiger partial charge in [-0.05, 0) is 19.4 Å². The second-order valence-electron chi connectivity index (χ2n) is 3.27.